The van der Waals surface area contributed by atoms with Crippen LogP contribution in [0.25, 0.3) is 0 Å². The van der Waals surface area contributed by atoms with Gasteiger partial charge in [0.05, 0.1) is 11.7 Å². The smallest absolute Gasteiger partial charge is 0.253 e. The lowest BCUT2D eigenvalue weighted by Crippen LogP contribution is -2.54. The number of carbonyl (C=O) groups excluding carboxylic acids is 4. The first-order valence-corrected chi connectivity index (χ1v) is 20.5. The number of piperazine rings is 1. The number of carbonyl (C=O) groups is 4. The third-order valence-electron chi connectivity index (χ3n) is 12.0. The molecule has 4 amide bonds. The lowest BCUT2D eigenvalue weighted by Gasteiger charge is -2.39. The number of hydrazine groups is 2. The first kappa shape index (κ1) is 39.9. The number of hydrogen-bond acceptors (Lipinski definition) is 13. The molecule has 4 fully saturated rings. The summed E-state index contributed by atoms with van der Waals surface area (Å²) in [4.78, 5) is 66.1. The summed E-state index contributed by atoms with van der Waals surface area (Å²) in [6, 6.07) is 26.7. The number of anilines is 4. The van der Waals surface area contributed by atoms with Crippen LogP contribution in [0.2, 0.25) is 0 Å². The Morgan fingerprint density at radius 1 is 0.898 bits per heavy atom. The Balaban J connectivity index is 0.790. The van der Waals surface area contributed by atoms with Gasteiger partial charge in [-0.05, 0) is 86.2 Å². The number of nitrogens with zero attached hydrogens (tertiary/aromatic N) is 6. The molecule has 0 radical (unpaired) electrons. The number of likely N-dealkylation sites (tertiary alicyclic amines) is 1. The molecule has 4 aliphatic rings. The van der Waals surface area contributed by atoms with Gasteiger partial charge in [-0.3, -0.25) is 29.4 Å². The van der Waals surface area contributed by atoms with Gasteiger partial charge >= 0.3 is 0 Å². The molecule has 0 aliphatic carbocycles. The molecule has 16 nitrogen and oxygen atoms in total. The van der Waals surface area contributed by atoms with E-state index in [2.05, 4.69) is 53.7 Å². The third kappa shape index (κ3) is 9.05. The Bertz CT molecular complexity index is 2140. The monoisotopic (exact) mass is 800 g/mol. The van der Waals surface area contributed by atoms with E-state index in [0.29, 0.717) is 41.7 Å². The molecule has 1 aromatic heterocycles. The molecule has 308 valence electrons. The highest BCUT2D eigenvalue weighted by atomic mass is 16.2. The molecular weight excluding hydrogens is 749 g/mol. The maximum absolute atomic E-state index is 13.4. The molecule has 4 aromatic rings. The van der Waals surface area contributed by atoms with E-state index in [-0.39, 0.29) is 30.3 Å². The molecule has 0 spiro atoms. The molecule has 59 heavy (non-hydrogen) atoms. The van der Waals surface area contributed by atoms with Gasteiger partial charge in [0.15, 0.2) is 5.54 Å². The Hall–Kier alpha value is -5.94. The molecule has 3 atom stereocenters. The minimum atomic E-state index is -1.25. The van der Waals surface area contributed by atoms with Crippen molar-refractivity contribution in [2.75, 3.05) is 67.9 Å². The summed E-state index contributed by atoms with van der Waals surface area (Å²) in [5.74, 6) is -0.227. The molecule has 7 N–H and O–H groups in total. The fourth-order valence-corrected chi connectivity index (χ4v) is 8.39. The van der Waals surface area contributed by atoms with Crippen LogP contribution in [0.5, 0.6) is 0 Å². The first-order valence-electron chi connectivity index (χ1n) is 20.5. The fourth-order valence-electron chi connectivity index (χ4n) is 8.39. The fraction of sp³-hybridized carbons (Fsp3) is 0.395. The van der Waals surface area contributed by atoms with Gasteiger partial charge < -0.3 is 26.2 Å². The summed E-state index contributed by atoms with van der Waals surface area (Å²) in [6.45, 7) is 8.53. The topological polar surface area (TPSA) is 193 Å². The molecular formula is C43H52N12O4. The number of benzene rings is 3. The first-order chi connectivity index (χ1) is 28.6. The highest BCUT2D eigenvalue weighted by molar-refractivity contribution is 6.01. The van der Waals surface area contributed by atoms with Gasteiger partial charge in [-0.2, -0.15) is 5.12 Å². The molecule has 16 heteroatoms. The molecule has 0 bridgehead atoms. The Kier molecular flexibility index (Phi) is 11.8. The average Bonchev–Trinajstić information content (AvgIpc) is 3.73. The van der Waals surface area contributed by atoms with Crippen molar-refractivity contribution in [3.63, 3.8) is 0 Å². The van der Waals surface area contributed by atoms with Crippen molar-refractivity contribution >= 4 is 46.6 Å². The van der Waals surface area contributed by atoms with E-state index in [1.54, 1.807) is 23.4 Å². The van der Waals surface area contributed by atoms with Crippen molar-refractivity contribution in [3.05, 3.63) is 108 Å². The molecule has 3 aromatic carbocycles. The van der Waals surface area contributed by atoms with Crippen LogP contribution in [0.15, 0.2) is 91.1 Å². The zero-order chi connectivity index (χ0) is 40.9. The summed E-state index contributed by atoms with van der Waals surface area (Å²) in [7, 11) is 0. The van der Waals surface area contributed by atoms with Crippen molar-refractivity contribution in [1.29, 1.82) is 0 Å². The minimum Gasteiger partial charge on any atom is -0.374 e. The third-order valence-corrected chi connectivity index (χ3v) is 12.0. The van der Waals surface area contributed by atoms with E-state index >= 15 is 0 Å². The number of primary amides is 1. The van der Waals surface area contributed by atoms with Crippen molar-refractivity contribution in [2.24, 2.45) is 11.7 Å². The second kappa shape index (κ2) is 17.5. The SMILES string of the molecule is CC(c1ccccc1)N1NCC(C(N)=O)(c2ccnc(Nc3ccc(N4CCN(CC5CCN(C(=O)c6cccc(NC7CCC(=O)NC7=O)c6)CC5)CC4)cc3)n2)N1. The van der Waals surface area contributed by atoms with Crippen LogP contribution >= 0.6 is 0 Å². The lowest BCUT2D eigenvalue weighted by atomic mass is 9.95. The molecule has 3 unspecified atom stereocenters. The average molecular weight is 801 g/mol. The normalized spacial score (nSPS) is 22.5. The predicted octanol–water partition coefficient (Wildman–Crippen LogP) is 2.88. The number of hydrogen-bond donors (Lipinski definition) is 6. The molecule has 4 saturated heterocycles. The lowest BCUT2D eigenvalue weighted by molar-refractivity contribution is -0.133. The summed E-state index contributed by atoms with van der Waals surface area (Å²) < 4.78 is 0. The Labute approximate surface area is 343 Å². The number of nitrogens with two attached hydrogens (primary N) is 1. The van der Waals surface area contributed by atoms with Gasteiger partial charge in [0.2, 0.25) is 23.7 Å². The Morgan fingerprint density at radius 3 is 2.39 bits per heavy atom. The van der Waals surface area contributed by atoms with Crippen LogP contribution in [-0.2, 0) is 19.9 Å². The Morgan fingerprint density at radius 2 is 1.66 bits per heavy atom. The highest BCUT2D eigenvalue weighted by Gasteiger charge is 2.47. The van der Waals surface area contributed by atoms with E-state index in [4.69, 9.17) is 10.7 Å². The van der Waals surface area contributed by atoms with Gasteiger partial charge in [0.25, 0.3) is 5.91 Å². The molecule has 8 rings (SSSR count). The number of rotatable bonds is 12. The van der Waals surface area contributed by atoms with Crippen LogP contribution in [-0.4, -0.2) is 107 Å². The van der Waals surface area contributed by atoms with Crippen LogP contribution in [0.1, 0.15) is 60.3 Å². The van der Waals surface area contributed by atoms with Gasteiger partial charge in [0.1, 0.15) is 6.04 Å². The van der Waals surface area contributed by atoms with Crippen molar-refractivity contribution < 1.29 is 19.2 Å². The second-order valence-corrected chi connectivity index (χ2v) is 15.9. The number of aromatic nitrogens is 2. The molecule has 0 saturated carbocycles. The van der Waals surface area contributed by atoms with Crippen LogP contribution in [0.3, 0.4) is 0 Å². The summed E-state index contributed by atoms with van der Waals surface area (Å²) in [5.41, 5.74) is 16.1. The van der Waals surface area contributed by atoms with E-state index in [1.807, 2.05) is 72.5 Å². The predicted molar refractivity (Wildman–Crippen MR) is 224 cm³/mol. The second-order valence-electron chi connectivity index (χ2n) is 15.9. The van der Waals surface area contributed by atoms with E-state index in [0.717, 1.165) is 75.6 Å². The highest BCUT2D eigenvalue weighted by Crippen LogP contribution is 2.29. The van der Waals surface area contributed by atoms with Crippen LogP contribution in [0.4, 0.5) is 23.0 Å². The van der Waals surface area contributed by atoms with Crippen molar-refractivity contribution in [2.45, 2.75) is 50.2 Å². The number of amides is 4. The van der Waals surface area contributed by atoms with Crippen LogP contribution < -0.4 is 37.4 Å². The van der Waals surface area contributed by atoms with E-state index < -0.39 is 17.5 Å². The maximum atomic E-state index is 13.4. The molecule has 4 aliphatic heterocycles. The maximum Gasteiger partial charge on any atom is 0.253 e. The van der Waals surface area contributed by atoms with Gasteiger partial charge in [0, 0.05) is 87.6 Å². The summed E-state index contributed by atoms with van der Waals surface area (Å²) in [5, 5.41) is 10.6. The largest absolute Gasteiger partial charge is 0.374 e. The van der Waals surface area contributed by atoms with Crippen molar-refractivity contribution in [3.8, 4) is 0 Å². The zero-order valence-corrected chi connectivity index (χ0v) is 33.3. The van der Waals surface area contributed by atoms with Crippen molar-refractivity contribution in [1.82, 2.24) is 41.1 Å². The number of imide groups is 1. The van der Waals surface area contributed by atoms with E-state index in [9.17, 15) is 19.2 Å². The van der Waals surface area contributed by atoms with Crippen LogP contribution in [0, 0.1) is 5.92 Å². The zero-order valence-electron chi connectivity index (χ0n) is 33.3. The summed E-state index contributed by atoms with van der Waals surface area (Å²) >= 11 is 0. The van der Waals surface area contributed by atoms with Gasteiger partial charge in [-0.1, -0.05) is 36.4 Å². The molecule has 5 heterocycles. The minimum absolute atomic E-state index is 0.00237. The standard InChI is InChI=1S/C43H52N12O4/c1-29(31-6-3-2-4-7-31)55-46-28-43(51-55,41(44)59)37-16-19-45-42(49-37)48-33-10-12-35(13-11-33)53-24-22-52(23-25-53)27-30-17-20-54(21-18-30)40(58)32-8-5-9-34(26-32)47-36-14-15-38(56)50-39(36)57/h2-13,16,19,26,29-30,36,46-47,51H,14-15,17-18,20-25,27-28H2,1H3,(H2,44,59)(H,45,48,49)(H,50,56,57). The number of piperidine rings is 2. The van der Waals surface area contributed by atoms with Gasteiger partial charge in [-0.15, -0.1) is 0 Å². The van der Waals surface area contributed by atoms with Gasteiger partial charge in [-0.25, -0.2) is 20.8 Å². The summed E-state index contributed by atoms with van der Waals surface area (Å²) in [6.07, 6.45) is 4.28. The number of nitrogens with one attached hydrogen (secondary N) is 5. The quantitative estimate of drug-likeness (QED) is 0.115. The van der Waals surface area contributed by atoms with E-state index in [1.165, 1.54) is 0 Å².